The van der Waals surface area contributed by atoms with Gasteiger partial charge in [0.25, 0.3) is 11.8 Å². The number of imide groups is 1. The fourth-order valence-corrected chi connectivity index (χ4v) is 2.39. The SMILES string of the molecule is CC(C)N(CCN1C(=O)c2ccccc2C1=O)CC(N)=O. The van der Waals surface area contributed by atoms with Gasteiger partial charge in [-0.05, 0) is 26.0 Å². The molecule has 1 aromatic rings. The second-order valence-corrected chi connectivity index (χ2v) is 5.34. The number of benzene rings is 1. The van der Waals surface area contributed by atoms with E-state index >= 15 is 0 Å². The molecule has 2 N–H and O–H groups in total. The number of nitrogens with zero attached hydrogens (tertiary/aromatic N) is 2. The lowest BCUT2D eigenvalue weighted by atomic mass is 10.1. The summed E-state index contributed by atoms with van der Waals surface area (Å²) in [5, 5.41) is 0. The van der Waals surface area contributed by atoms with Crippen LogP contribution in [-0.4, -0.2) is 53.2 Å². The van der Waals surface area contributed by atoms with Crippen LogP contribution >= 0.6 is 0 Å². The molecule has 6 nitrogen and oxygen atoms in total. The van der Waals surface area contributed by atoms with Crippen molar-refractivity contribution in [2.75, 3.05) is 19.6 Å². The lowest BCUT2D eigenvalue weighted by molar-refractivity contribution is -0.119. The molecule has 0 bridgehead atoms. The lowest BCUT2D eigenvalue weighted by Gasteiger charge is -2.26. The Hall–Kier alpha value is -2.21. The first-order chi connectivity index (χ1) is 9.91. The lowest BCUT2D eigenvalue weighted by Crippen LogP contribution is -2.44. The van der Waals surface area contributed by atoms with Crippen LogP contribution < -0.4 is 5.73 Å². The molecule has 6 heteroatoms. The number of rotatable bonds is 6. The summed E-state index contributed by atoms with van der Waals surface area (Å²) in [6.07, 6.45) is 0. The molecule has 2 rings (SSSR count). The second-order valence-electron chi connectivity index (χ2n) is 5.34. The third-order valence-electron chi connectivity index (χ3n) is 3.58. The standard InChI is InChI=1S/C15H19N3O3/c1-10(2)17(9-13(16)19)7-8-18-14(20)11-5-3-4-6-12(11)15(18)21/h3-6,10H,7-9H2,1-2H3,(H2,16,19). The largest absolute Gasteiger partial charge is 0.369 e. The molecule has 0 radical (unpaired) electrons. The number of carbonyl (C=O) groups excluding carboxylic acids is 3. The highest BCUT2D eigenvalue weighted by molar-refractivity contribution is 6.21. The van der Waals surface area contributed by atoms with Gasteiger partial charge in [-0.2, -0.15) is 0 Å². The van der Waals surface area contributed by atoms with Crippen molar-refractivity contribution in [1.29, 1.82) is 0 Å². The Balaban J connectivity index is 2.06. The minimum absolute atomic E-state index is 0.104. The van der Waals surface area contributed by atoms with Gasteiger partial charge in [-0.15, -0.1) is 0 Å². The Kier molecular flexibility index (Phi) is 4.37. The van der Waals surface area contributed by atoms with Gasteiger partial charge in [-0.3, -0.25) is 24.2 Å². The van der Waals surface area contributed by atoms with Crippen LogP contribution in [0.15, 0.2) is 24.3 Å². The third-order valence-corrected chi connectivity index (χ3v) is 3.58. The molecule has 3 amide bonds. The highest BCUT2D eigenvalue weighted by Gasteiger charge is 2.35. The fourth-order valence-electron chi connectivity index (χ4n) is 2.39. The molecular weight excluding hydrogens is 270 g/mol. The van der Waals surface area contributed by atoms with Crippen LogP contribution in [0, 0.1) is 0 Å². The second kappa shape index (κ2) is 6.05. The van der Waals surface area contributed by atoms with Crippen LogP contribution in [0.25, 0.3) is 0 Å². The maximum Gasteiger partial charge on any atom is 0.261 e. The van der Waals surface area contributed by atoms with E-state index in [1.54, 1.807) is 24.3 Å². The van der Waals surface area contributed by atoms with E-state index in [0.717, 1.165) is 0 Å². The van der Waals surface area contributed by atoms with Crippen molar-refractivity contribution in [2.45, 2.75) is 19.9 Å². The van der Waals surface area contributed by atoms with E-state index in [2.05, 4.69) is 0 Å². The molecule has 21 heavy (non-hydrogen) atoms. The van der Waals surface area contributed by atoms with E-state index in [1.165, 1.54) is 4.90 Å². The van der Waals surface area contributed by atoms with Gasteiger partial charge in [0.15, 0.2) is 0 Å². The smallest absolute Gasteiger partial charge is 0.261 e. The van der Waals surface area contributed by atoms with E-state index in [-0.39, 0.29) is 30.9 Å². The predicted octanol–water partition coefficient (Wildman–Crippen LogP) is 0.478. The van der Waals surface area contributed by atoms with Gasteiger partial charge in [0.2, 0.25) is 5.91 Å². The normalized spacial score (nSPS) is 14.2. The Morgan fingerprint density at radius 1 is 1.19 bits per heavy atom. The highest BCUT2D eigenvalue weighted by Crippen LogP contribution is 2.22. The average Bonchev–Trinajstić information content (AvgIpc) is 2.67. The zero-order valence-corrected chi connectivity index (χ0v) is 12.2. The topological polar surface area (TPSA) is 83.7 Å². The molecule has 0 unspecified atom stereocenters. The highest BCUT2D eigenvalue weighted by atomic mass is 16.2. The molecular formula is C15H19N3O3. The molecule has 0 aromatic heterocycles. The van der Waals surface area contributed by atoms with E-state index in [9.17, 15) is 14.4 Å². The molecule has 1 aromatic carbocycles. The van der Waals surface area contributed by atoms with Gasteiger partial charge in [-0.1, -0.05) is 12.1 Å². The zero-order chi connectivity index (χ0) is 15.6. The number of fused-ring (bicyclic) bond motifs is 1. The molecule has 0 spiro atoms. The molecule has 1 aliphatic heterocycles. The average molecular weight is 289 g/mol. The van der Waals surface area contributed by atoms with Crippen molar-refractivity contribution in [2.24, 2.45) is 5.73 Å². The van der Waals surface area contributed by atoms with Crippen LogP contribution in [0.2, 0.25) is 0 Å². The Morgan fingerprint density at radius 3 is 2.14 bits per heavy atom. The maximum absolute atomic E-state index is 12.2. The van der Waals surface area contributed by atoms with Crippen LogP contribution in [-0.2, 0) is 4.79 Å². The van der Waals surface area contributed by atoms with Crippen molar-refractivity contribution in [3.05, 3.63) is 35.4 Å². The number of carbonyl (C=O) groups is 3. The molecule has 0 aliphatic carbocycles. The van der Waals surface area contributed by atoms with Crippen LogP contribution in [0.1, 0.15) is 34.6 Å². The Bertz CT molecular complexity index is 548. The van der Waals surface area contributed by atoms with Gasteiger partial charge in [-0.25, -0.2) is 0 Å². The monoisotopic (exact) mass is 289 g/mol. The quantitative estimate of drug-likeness (QED) is 0.772. The van der Waals surface area contributed by atoms with Crippen LogP contribution in [0.5, 0.6) is 0 Å². The number of amides is 3. The maximum atomic E-state index is 12.2. The fraction of sp³-hybridized carbons (Fsp3) is 0.400. The molecule has 0 saturated heterocycles. The summed E-state index contributed by atoms with van der Waals surface area (Å²) in [5.41, 5.74) is 6.09. The van der Waals surface area contributed by atoms with E-state index in [0.29, 0.717) is 17.7 Å². The van der Waals surface area contributed by atoms with Crippen molar-refractivity contribution in [3.8, 4) is 0 Å². The summed E-state index contributed by atoms with van der Waals surface area (Å²) in [5.74, 6) is -0.983. The van der Waals surface area contributed by atoms with Crippen molar-refractivity contribution >= 4 is 17.7 Å². The van der Waals surface area contributed by atoms with Crippen molar-refractivity contribution < 1.29 is 14.4 Å². The molecule has 112 valence electrons. The van der Waals surface area contributed by atoms with Crippen LogP contribution in [0.4, 0.5) is 0 Å². The Morgan fingerprint density at radius 2 is 1.71 bits per heavy atom. The first-order valence-electron chi connectivity index (χ1n) is 6.89. The summed E-state index contributed by atoms with van der Waals surface area (Å²) in [7, 11) is 0. The molecule has 1 aliphatic rings. The molecule has 0 saturated carbocycles. The summed E-state index contributed by atoms with van der Waals surface area (Å²) < 4.78 is 0. The van der Waals surface area contributed by atoms with Gasteiger partial charge >= 0.3 is 0 Å². The number of nitrogens with two attached hydrogens (primary N) is 1. The summed E-state index contributed by atoms with van der Waals surface area (Å²) in [6.45, 7) is 4.65. The van der Waals surface area contributed by atoms with Crippen molar-refractivity contribution in [3.63, 3.8) is 0 Å². The summed E-state index contributed by atoms with van der Waals surface area (Å²) in [4.78, 5) is 38.5. The van der Waals surface area contributed by atoms with E-state index in [1.807, 2.05) is 18.7 Å². The first-order valence-corrected chi connectivity index (χ1v) is 6.89. The van der Waals surface area contributed by atoms with E-state index < -0.39 is 5.91 Å². The van der Waals surface area contributed by atoms with Gasteiger partial charge in [0.05, 0.1) is 17.7 Å². The van der Waals surface area contributed by atoms with Gasteiger partial charge in [0.1, 0.15) is 0 Å². The molecule has 0 fully saturated rings. The van der Waals surface area contributed by atoms with Crippen molar-refractivity contribution in [1.82, 2.24) is 9.80 Å². The summed E-state index contributed by atoms with van der Waals surface area (Å²) in [6, 6.07) is 6.88. The third kappa shape index (κ3) is 3.11. The number of hydrogen-bond acceptors (Lipinski definition) is 4. The van der Waals surface area contributed by atoms with Gasteiger partial charge in [0, 0.05) is 19.1 Å². The summed E-state index contributed by atoms with van der Waals surface area (Å²) >= 11 is 0. The zero-order valence-electron chi connectivity index (χ0n) is 12.2. The van der Waals surface area contributed by atoms with Gasteiger partial charge < -0.3 is 5.73 Å². The Labute approximate surface area is 123 Å². The molecule has 0 atom stereocenters. The first kappa shape index (κ1) is 15.2. The predicted molar refractivity (Wildman–Crippen MR) is 77.7 cm³/mol. The minimum atomic E-state index is -0.425. The minimum Gasteiger partial charge on any atom is -0.369 e. The van der Waals surface area contributed by atoms with Crippen LogP contribution in [0.3, 0.4) is 0 Å². The molecule has 1 heterocycles. The number of hydrogen-bond donors (Lipinski definition) is 1. The number of primary amides is 1. The van der Waals surface area contributed by atoms with E-state index in [4.69, 9.17) is 5.73 Å².